The summed E-state index contributed by atoms with van der Waals surface area (Å²) < 4.78 is 16.8. The van der Waals surface area contributed by atoms with Crippen LogP contribution in [0, 0.1) is 0 Å². The van der Waals surface area contributed by atoms with E-state index in [1.807, 2.05) is 50.2 Å². The number of rotatable bonds is 11. The van der Waals surface area contributed by atoms with Crippen LogP contribution in [0.4, 0.5) is 0 Å². The molecule has 0 heterocycles. The van der Waals surface area contributed by atoms with Crippen LogP contribution in [-0.4, -0.2) is 38.2 Å². The van der Waals surface area contributed by atoms with Crippen LogP contribution in [-0.2, 0) is 17.7 Å². The number of ether oxygens (including phenoxy) is 3. The summed E-state index contributed by atoms with van der Waals surface area (Å²) in [7, 11) is 3.43. The molecule has 4 rings (SSSR count). The first-order valence-electron chi connectivity index (χ1n) is 13.0. The van der Waals surface area contributed by atoms with Crippen LogP contribution in [0.2, 0.25) is 0 Å². The van der Waals surface area contributed by atoms with Gasteiger partial charge in [-0.25, -0.2) is 4.79 Å². The van der Waals surface area contributed by atoms with Crippen LogP contribution in [0.3, 0.4) is 0 Å². The van der Waals surface area contributed by atoms with Gasteiger partial charge in [-0.05, 0) is 67.1 Å². The van der Waals surface area contributed by atoms with Gasteiger partial charge in [0.2, 0.25) is 0 Å². The Morgan fingerprint density at radius 3 is 2.03 bits per heavy atom. The predicted octanol–water partition coefficient (Wildman–Crippen LogP) is 7.39. The van der Waals surface area contributed by atoms with E-state index in [0.29, 0.717) is 17.9 Å². The summed E-state index contributed by atoms with van der Waals surface area (Å²) in [6.45, 7) is 6.08. The molecule has 0 radical (unpaired) electrons. The minimum absolute atomic E-state index is 0.367. The van der Waals surface area contributed by atoms with E-state index >= 15 is 0 Å². The zero-order valence-electron chi connectivity index (χ0n) is 22.7. The van der Waals surface area contributed by atoms with Gasteiger partial charge in [0.05, 0.1) is 12.7 Å². The van der Waals surface area contributed by atoms with E-state index in [4.69, 9.17) is 14.2 Å². The fourth-order valence-electron chi connectivity index (χ4n) is 3.86. The third kappa shape index (κ3) is 8.79. The maximum atomic E-state index is 11.6. The second kappa shape index (κ2) is 15.2. The molecule has 5 nitrogen and oxygen atoms in total. The molecule has 198 valence electrons. The van der Waals surface area contributed by atoms with Crippen molar-refractivity contribution in [3.8, 4) is 17.2 Å². The number of para-hydroxylation sites is 1. The van der Waals surface area contributed by atoms with Crippen molar-refractivity contribution >= 4 is 5.97 Å². The van der Waals surface area contributed by atoms with Crippen LogP contribution in [0.5, 0.6) is 17.2 Å². The highest BCUT2D eigenvalue weighted by molar-refractivity contribution is 5.89. The van der Waals surface area contributed by atoms with Crippen LogP contribution in [0.1, 0.15) is 40.9 Å². The number of carbonyl (C=O) groups is 1. The standard InChI is InChI=1S/C31H31NO4.C2H6/c1-32(20-21-35-28-16-12-25(13-17-28)22-24-8-4-3-5-9-24)23-27-10-6-7-11-30(27)36-29-18-14-26(15-19-29)31(33)34-2;1-2/h3-19H,20-23H2,1-2H3;1-2H3. The number of methoxy groups -OCH3 is 1. The van der Waals surface area contributed by atoms with Gasteiger partial charge in [-0.1, -0.05) is 74.5 Å². The Hall–Kier alpha value is -4.09. The number of hydrogen-bond acceptors (Lipinski definition) is 5. The summed E-state index contributed by atoms with van der Waals surface area (Å²) in [4.78, 5) is 13.8. The van der Waals surface area contributed by atoms with Crippen molar-refractivity contribution in [3.63, 3.8) is 0 Å². The molecule has 0 unspecified atom stereocenters. The molecule has 0 aromatic heterocycles. The average Bonchev–Trinajstić information content (AvgIpc) is 2.96. The third-order valence-corrected chi connectivity index (χ3v) is 5.83. The number of likely N-dealkylation sites (N-methyl/N-ethyl adjacent to an activating group) is 1. The zero-order chi connectivity index (χ0) is 27.2. The van der Waals surface area contributed by atoms with Gasteiger partial charge in [-0.3, -0.25) is 4.90 Å². The van der Waals surface area contributed by atoms with E-state index in [9.17, 15) is 4.79 Å². The normalized spacial score (nSPS) is 10.3. The smallest absolute Gasteiger partial charge is 0.337 e. The quantitative estimate of drug-likeness (QED) is 0.196. The largest absolute Gasteiger partial charge is 0.492 e. The lowest BCUT2D eigenvalue weighted by atomic mass is 10.1. The van der Waals surface area contributed by atoms with E-state index in [-0.39, 0.29) is 5.97 Å². The van der Waals surface area contributed by atoms with Crippen LogP contribution in [0.25, 0.3) is 0 Å². The summed E-state index contributed by atoms with van der Waals surface area (Å²) in [5.74, 6) is 1.95. The first kappa shape index (κ1) is 28.5. The molecule has 0 amide bonds. The molecule has 0 aliphatic rings. The molecular weight excluding hydrogens is 474 g/mol. The van der Waals surface area contributed by atoms with Gasteiger partial charge in [0.15, 0.2) is 0 Å². The summed E-state index contributed by atoms with van der Waals surface area (Å²) in [5, 5.41) is 0. The molecule has 0 N–H and O–H groups in total. The van der Waals surface area contributed by atoms with E-state index < -0.39 is 0 Å². The average molecular weight is 512 g/mol. The van der Waals surface area contributed by atoms with Crippen molar-refractivity contribution in [3.05, 3.63) is 125 Å². The minimum Gasteiger partial charge on any atom is -0.492 e. The second-order valence-electron chi connectivity index (χ2n) is 8.62. The molecule has 0 aliphatic carbocycles. The Morgan fingerprint density at radius 1 is 0.737 bits per heavy atom. The first-order valence-corrected chi connectivity index (χ1v) is 13.0. The molecule has 0 bridgehead atoms. The van der Waals surface area contributed by atoms with E-state index in [1.165, 1.54) is 18.2 Å². The molecule has 0 saturated heterocycles. The van der Waals surface area contributed by atoms with Gasteiger partial charge in [-0.2, -0.15) is 0 Å². The van der Waals surface area contributed by atoms with Crippen molar-refractivity contribution in [1.82, 2.24) is 4.90 Å². The Balaban J connectivity index is 0.00000195. The van der Waals surface area contributed by atoms with Crippen molar-refractivity contribution < 1.29 is 19.0 Å². The number of nitrogens with zero attached hydrogens (tertiary/aromatic N) is 1. The van der Waals surface area contributed by atoms with Gasteiger partial charge in [0, 0.05) is 18.7 Å². The Bertz CT molecular complexity index is 1240. The van der Waals surface area contributed by atoms with Gasteiger partial charge in [0.1, 0.15) is 23.9 Å². The lowest BCUT2D eigenvalue weighted by Crippen LogP contribution is -2.24. The molecule has 0 fully saturated rings. The number of carbonyl (C=O) groups excluding carboxylic acids is 1. The van der Waals surface area contributed by atoms with E-state index in [2.05, 4.69) is 54.4 Å². The highest BCUT2D eigenvalue weighted by Crippen LogP contribution is 2.26. The SMILES string of the molecule is CC.COC(=O)c1ccc(Oc2ccccc2CN(C)CCOc2ccc(Cc3ccccc3)cc2)cc1. The Labute approximate surface area is 226 Å². The van der Waals surface area contributed by atoms with Gasteiger partial charge in [-0.15, -0.1) is 0 Å². The zero-order valence-corrected chi connectivity index (χ0v) is 22.7. The molecule has 0 aliphatic heterocycles. The molecule has 38 heavy (non-hydrogen) atoms. The van der Waals surface area contributed by atoms with Crippen molar-refractivity contribution in [2.75, 3.05) is 27.3 Å². The van der Waals surface area contributed by atoms with Gasteiger partial charge in [0.25, 0.3) is 0 Å². The van der Waals surface area contributed by atoms with Crippen LogP contribution < -0.4 is 9.47 Å². The highest BCUT2D eigenvalue weighted by atomic mass is 16.5. The molecule has 4 aromatic rings. The first-order chi connectivity index (χ1) is 18.6. The van der Waals surface area contributed by atoms with Crippen molar-refractivity contribution in [2.45, 2.75) is 26.8 Å². The maximum absolute atomic E-state index is 11.6. The Morgan fingerprint density at radius 2 is 1.34 bits per heavy atom. The monoisotopic (exact) mass is 511 g/mol. The molecule has 0 saturated carbocycles. The Kier molecular flexibility index (Phi) is 11.4. The lowest BCUT2D eigenvalue weighted by Gasteiger charge is -2.19. The predicted molar refractivity (Wildman–Crippen MR) is 153 cm³/mol. The highest BCUT2D eigenvalue weighted by Gasteiger charge is 2.10. The van der Waals surface area contributed by atoms with Gasteiger partial charge >= 0.3 is 5.97 Å². The van der Waals surface area contributed by atoms with Crippen molar-refractivity contribution in [1.29, 1.82) is 0 Å². The fourth-order valence-corrected chi connectivity index (χ4v) is 3.86. The molecule has 0 atom stereocenters. The summed E-state index contributed by atoms with van der Waals surface area (Å²) in [6.07, 6.45) is 0.917. The van der Waals surface area contributed by atoms with Gasteiger partial charge < -0.3 is 14.2 Å². The number of benzene rings is 4. The number of hydrogen-bond donors (Lipinski definition) is 0. The van der Waals surface area contributed by atoms with E-state index in [1.54, 1.807) is 24.3 Å². The summed E-state index contributed by atoms with van der Waals surface area (Å²) in [6, 6.07) is 33.7. The van der Waals surface area contributed by atoms with Crippen LogP contribution in [0.15, 0.2) is 103 Å². The fraction of sp³-hybridized carbons (Fsp3) is 0.242. The molecular formula is C33H37NO4. The third-order valence-electron chi connectivity index (χ3n) is 5.83. The van der Waals surface area contributed by atoms with Crippen LogP contribution >= 0.6 is 0 Å². The van der Waals surface area contributed by atoms with E-state index in [0.717, 1.165) is 36.6 Å². The molecule has 5 heteroatoms. The topological polar surface area (TPSA) is 48.0 Å². The lowest BCUT2D eigenvalue weighted by molar-refractivity contribution is 0.0600. The summed E-state index contributed by atoms with van der Waals surface area (Å²) >= 11 is 0. The minimum atomic E-state index is -0.367. The van der Waals surface area contributed by atoms with Crippen molar-refractivity contribution in [2.24, 2.45) is 0 Å². The second-order valence-corrected chi connectivity index (χ2v) is 8.62. The molecule has 4 aromatic carbocycles. The summed E-state index contributed by atoms with van der Waals surface area (Å²) in [5.41, 5.74) is 4.13. The molecule has 0 spiro atoms. The number of esters is 1. The maximum Gasteiger partial charge on any atom is 0.337 e.